The van der Waals surface area contributed by atoms with Crippen molar-refractivity contribution in [1.82, 2.24) is 10.2 Å². The van der Waals surface area contributed by atoms with Crippen LogP contribution in [0.4, 0.5) is 5.69 Å². The molecular weight excluding hydrogens is 446 g/mol. The first-order valence-corrected chi connectivity index (χ1v) is 12.2. The second kappa shape index (κ2) is 8.60. The van der Waals surface area contributed by atoms with Gasteiger partial charge < -0.3 is 15.4 Å². The van der Waals surface area contributed by atoms with Crippen molar-refractivity contribution in [2.45, 2.75) is 31.4 Å². The van der Waals surface area contributed by atoms with Gasteiger partial charge in [0.05, 0.1) is 23.7 Å². The monoisotopic (exact) mass is 467 g/mol. The van der Waals surface area contributed by atoms with Crippen LogP contribution in [-0.4, -0.2) is 67.8 Å². The minimum absolute atomic E-state index is 0.0155. The van der Waals surface area contributed by atoms with Gasteiger partial charge >= 0.3 is 0 Å². The third-order valence-electron chi connectivity index (χ3n) is 5.54. The van der Waals surface area contributed by atoms with Gasteiger partial charge in [0.2, 0.25) is 0 Å². The number of carbonyl (C=O) groups excluding carboxylic acids is 3. The number of amides is 3. The highest BCUT2D eigenvalue weighted by molar-refractivity contribution is 7.91. The van der Waals surface area contributed by atoms with Crippen molar-refractivity contribution in [2.75, 3.05) is 30.0 Å². The fourth-order valence-electron chi connectivity index (χ4n) is 3.93. The van der Waals surface area contributed by atoms with Crippen LogP contribution in [0.5, 0.6) is 0 Å². The van der Waals surface area contributed by atoms with Crippen LogP contribution in [0.25, 0.3) is 0 Å². The SMILES string of the molecule is O=C(NCC1CCCO1)c1cccc(NC2=C(Cl)C(=O)N(C3CCS(=O)(=O)C3)C2=O)c1. The van der Waals surface area contributed by atoms with Crippen molar-refractivity contribution in [1.29, 1.82) is 0 Å². The van der Waals surface area contributed by atoms with E-state index in [0.29, 0.717) is 24.4 Å². The fourth-order valence-corrected chi connectivity index (χ4v) is 5.85. The summed E-state index contributed by atoms with van der Waals surface area (Å²) in [4.78, 5) is 38.7. The number of nitrogens with one attached hydrogen (secondary N) is 2. The zero-order chi connectivity index (χ0) is 22.2. The molecule has 4 rings (SSSR count). The molecule has 31 heavy (non-hydrogen) atoms. The zero-order valence-electron chi connectivity index (χ0n) is 16.6. The minimum atomic E-state index is -3.28. The number of carbonyl (C=O) groups is 3. The Labute approximate surface area is 184 Å². The summed E-state index contributed by atoms with van der Waals surface area (Å²) in [7, 11) is -3.28. The number of ether oxygens (including phenoxy) is 1. The van der Waals surface area contributed by atoms with Gasteiger partial charge in [0.1, 0.15) is 10.7 Å². The average molecular weight is 468 g/mol. The van der Waals surface area contributed by atoms with Gasteiger partial charge in [-0.15, -0.1) is 0 Å². The summed E-state index contributed by atoms with van der Waals surface area (Å²) >= 11 is 6.10. The Morgan fingerprint density at radius 1 is 1.23 bits per heavy atom. The van der Waals surface area contributed by atoms with E-state index in [-0.39, 0.29) is 40.7 Å². The first kappa shape index (κ1) is 21.8. The number of halogens is 1. The molecule has 3 aliphatic rings. The van der Waals surface area contributed by atoms with Crippen LogP contribution < -0.4 is 10.6 Å². The predicted octanol–water partition coefficient (Wildman–Crippen LogP) is 1.01. The molecule has 0 aliphatic carbocycles. The number of hydrogen-bond donors (Lipinski definition) is 2. The molecule has 0 spiro atoms. The number of hydrogen-bond acceptors (Lipinski definition) is 7. The van der Waals surface area contributed by atoms with E-state index in [1.165, 1.54) is 0 Å². The lowest BCUT2D eigenvalue weighted by molar-refractivity contribution is -0.139. The normalized spacial score (nSPS) is 25.4. The first-order valence-electron chi connectivity index (χ1n) is 10.00. The molecule has 166 valence electrons. The number of sulfone groups is 1. The summed E-state index contributed by atoms with van der Waals surface area (Å²) < 4.78 is 29.0. The van der Waals surface area contributed by atoms with Crippen LogP contribution in [0.15, 0.2) is 35.0 Å². The maximum Gasteiger partial charge on any atom is 0.279 e. The van der Waals surface area contributed by atoms with Crippen molar-refractivity contribution in [2.24, 2.45) is 0 Å². The van der Waals surface area contributed by atoms with E-state index >= 15 is 0 Å². The first-order chi connectivity index (χ1) is 14.7. The van der Waals surface area contributed by atoms with Gasteiger partial charge in [-0.05, 0) is 37.5 Å². The van der Waals surface area contributed by atoms with Gasteiger partial charge in [-0.2, -0.15) is 0 Å². The molecule has 1 aromatic rings. The predicted molar refractivity (Wildman–Crippen MR) is 113 cm³/mol. The Bertz CT molecular complexity index is 1060. The van der Waals surface area contributed by atoms with Gasteiger partial charge in [0.15, 0.2) is 9.84 Å². The van der Waals surface area contributed by atoms with E-state index in [4.69, 9.17) is 16.3 Å². The molecule has 9 nitrogen and oxygen atoms in total. The van der Waals surface area contributed by atoms with Crippen molar-refractivity contribution in [3.63, 3.8) is 0 Å². The van der Waals surface area contributed by atoms with Crippen molar-refractivity contribution in [3.8, 4) is 0 Å². The number of anilines is 1. The number of imide groups is 1. The summed E-state index contributed by atoms with van der Waals surface area (Å²) in [6.07, 6.45) is 2.09. The molecule has 0 radical (unpaired) electrons. The standard InChI is InChI=1S/C20H22ClN3O6S/c21-16-17(20(27)24(19(16)26)14-6-8-31(28,29)11-14)23-13-4-1-3-12(9-13)18(25)22-10-15-5-2-7-30-15/h1,3-4,9,14-15,23H,2,5-8,10-11H2,(H,22,25). The van der Waals surface area contributed by atoms with Crippen molar-refractivity contribution < 1.29 is 27.5 Å². The van der Waals surface area contributed by atoms with E-state index in [1.807, 2.05) is 0 Å². The van der Waals surface area contributed by atoms with E-state index in [0.717, 1.165) is 17.7 Å². The van der Waals surface area contributed by atoms with E-state index < -0.39 is 27.7 Å². The Kier molecular flexibility index (Phi) is 6.05. The van der Waals surface area contributed by atoms with E-state index in [1.54, 1.807) is 24.3 Å². The molecule has 2 saturated heterocycles. The highest BCUT2D eigenvalue weighted by Gasteiger charge is 2.45. The maximum absolute atomic E-state index is 12.8. The zero-order valence-corrected chi connectivity index (χ0v) is 18.2. The summed E-state index contributed by atoms with van der Waals surface area (Å²) in [6, 6.07) is 5.72. The Morgan fingerprint density at radius 3 is 2.71 bits per heavy atom. The molecule has 0 bridgehead atoms. The second-order valence-corrected chi connectivity index (χ2v) is 10.4. The highest BCUT2D eigenvalue weighted by atomic mass is 35.5. The quantitative estimate of drug-likeness (QED) is 0.599. The Morgan fingerprint density at radius 2 is 2.03 bits per heavy atom. The van der Waals surface area contributed by atoms with Crippen molar-refractivity contribution >= 4 is 44.8 Å². The van der Waals surface area contributed by atoms with Gasteiger partial charge in [-0.25, -0.2) is 8.42 Å². The summed E-state index contributed by atoms with van der Waals surface area (Å²) in [5.41, 5.74) is 0.642. The largest absolute Gasteiger partial charge is 0.376 e. The topological polar surface area (TPSA) is 122 Å². The molecule has 11 heteroatoms. The molecule has 0 aromatic heterocycles. The lowest BCUT2D eigenvalue weighted by Gasteiger charge is -2.21. The van der Waals surface area contributed by atoms with Crippen LogP contribution in [0.3, 0.4) is 0 Å². The van der Waals surface area contributed by atoms with Gasteiger partial charge in [0, 0.05) is 24.4 Å². The maximum atomic E-state index is 12.8. The third kappa shape index (κ3) is 4.60. The summed E-state index contributed by atoms with van der Waals surface area (Å²) in [6.45, 7) is 1.12. The molecule has 0 saturated carbocycles. The van der Waals surface area contributed by atoms with E-state index in [2.05, 4.69) is 10.6 Å². The molecule has 2 fully saturated rings. The fraction of sp³-hybridized carbons (Fsp3) is 0.450. The van der Waals surface area contributed by atoms with Crippen molar-refractivity contribution in [3.05, 3.63) is 40.6 Å². The molecule has 1 aromatic carbocycles. The van der Waals surface area contributed by atoms with E-state index in [9.17, 15) is 22.8 Å². The van der Waals surface area contributed by atoms with Crippen LogP contribution in [0.2, 0.25) is 0 Å². The van der Waals surface area contributed by atoms with Gasteiger partial charge in [-0.3, -0.25) is 19.3 Å². The molecule has 3 aliphatic heterocycles. The molecule has 2 atom stereocenters. The lowest BCUT2D eigenvalue weighted by Crippen LogP contribution is -2.42. The lowest BCUT2D eigenvalue weighted by atomic mass is 10.1. The smallest absolute Gasteiger partial charge is 0.279 e. The molecule has 3 heterocycles. The highest BCUT2D eigenvalue weighted by Crippen LogP contribution is 2.30. The number of rotatable bonds is 6. The second-order valence-electron chi connectivity index (χ2n) is 7.78. The van der Waals surface area contributed by atoms with Gasteiger partial charge in [-0.1, -0.05) is 17.7 Å². The molecule has 3 amide bonds. The third-order valence-corrected chi connectivity index (χ3v) is 7.64. The number of benzene rings is 1. The summed E-state index contributed by atoms with van der Waals surface area (Å²) in [5.74, 6) is -2.02. The Balaban J connectivity index is 1.45. The number of nitrogens with zero attached hydrogens (tertiary/aromatic N) is 1. The van der Waals surface area contributed by atoms with Crippen LogP contribution in [0.1, 0.15) is 29.6 Å². The molecular formula is C20H22ClN3O6S. The molecule has 2 unspecified atom stereocenters. The average Bonchev–Trinajstić information content (AvgIpc) is 3.43. The van der Waals surface area contributed by atoms with Gasteiger partial charge in [0.25, 0.3) is 17.7 Å². The van der Waals surface area contributed by atoms with Crippen LogP contribution >= 0.6 is 11.6 Å². The van der Waals surface area contributed by atoms with Crippen LogP contribution in [-0.2, 0) is 24.2 Å². The minimum Gasteiger partial charge on any atom is -0.376 e. The molecule has 2 N–H and O–H groups in total. The summed E-state index contributed by atoms with van der Waals surface area (Å²) in [5, 5.41) is 5.34. The van der Waals surface area contributed by atoms with Crippen LogP contribution in [0, 0.1) is 0 Å². The Hall–Kier alpha value is -2.43.